The Hall–Kier alpha value is -1.46. The van der Waals surface area contributed by atoms with Crippen LogP contribution in [0.1, 0.15) is 50.2 Å². The van der Waals surface area contributed by atoms with Gasteiger partial charge in [0.05, 0.1) is 16.5 Å². The van der Waals surface area contributed by atoms with Crippen molar-refractivity contribution in [3.05, 3.63) is 67.6 Å². The topological polar surface area (TPSA) is 49.4 Å². The number of hydrogen-bond donors (Lipinski definition) is 1. The van der Waals surface area contributed by atoms with Crippen LogP contribution in [-0.4, -0.2) is 28.8 Å². The summed E-state index contributed by atoms with van der Waals surface area (Å²) in [4.78, 5) is 28.0. The van der Waals surface area contributed by atoms with Crippen LogP contribution in [0.25, 0.3) is 0 Å². The Balaban J connectivity index is 1.82. The molecular weight excluding hydrogens is 490 g/mol. The first-order valence-electron chi connectivity index (χ1n) is 10.7. The Morgan fingerprint density at radius 3 is 2.25 bits per heavy atom. The maximum Gasteiger partial charge on any atom is 0.242 e. The third-order valence-corrected chi connectivity index (χ3v) is 7.29. The van der Waals surface area contributed by atoms with E-state index in [4.69, 9.17) is 46.4 Å². The standard InChI is InChI=1S/C24H26Cl4N2O2/c1-15(24(32)29-17-6-3-2-4-7-17)30(14-16-10-11-21(27)22(28)12-16)23(31)13-18-19(25)8-5-9-20(18)26/h5,8-12,15,17H,2-4,6-7,13-14H2,1H3,(H,29,32). The van der Waals surface area contributed by atoms with Crippen LogP contribution in [-0.2, 0) is 22.6 Å². The lowest BCUT2D eigenvalue weighted by Crippen LogP contribution is -2.50. The van der Waals surface area contributed by atoms with Crippen LogP contribution in [0.15, 0.2) is 36.4 Å². The maximum atomic E-state index is 13.4. The predicted octanol–water partition coefficient (Wildman–Crippen LogP) is 6.71. The van der Waals surface area contributed by atoms with Crippen LogP contribution in [0.4, 0.5) is 0 Å². The average molecular weight is 516 g/mol. The summed E-state index contributed by atoms with van der Waals surface area (Å²) in [7, 11) is 0. The van der Waals surface area contributed by atoms with Crippen molar-refractivity contribution in [3.8, 4) is 0 Å². The van der Waals surface area contributed by atoms with Gasteiger partial charge in [0.15, 0.2) is 0 Å². The zero-order chi connectivity index (χ0) is 23.3. The first kappa shape index (κ1) is 25.2. The van der Waals surface area contributed by atoms with Crippen molar-refractivity contribution >= 4 is 58.2 Å². The van der Waals surface area contributed by atoms with Gasteiger partial charge in [-0.1, -0.05) is 77.8 Å². The Morgan fingerprint density at radius 1 is 0.969 bits per heavy atom. The van der Waals surface area contributed by atoms with Crippen LogP contribution in [0.5, 0.6) is 0 Å². The predicted molar refractivity (Wildman–Crippen MR) is 132 cm³/mol. The molecule has 0 spiro atoms. The molecule has 2 aromatic rings. The third kappa shape index (κ3) is 6.54. The maximum absolute atomic E-state index is 13.4. The lowest BCUT2D eigenvalue weighted by Gasteiger charge is -2.31. The van der Waals surface area contributed by atoms with E-state index in [1.165, 1.54) is 11.3 Å². The van der Waals surface area contributed by atoms with Crippen LogP contribution < -0.4 is 5.32 Å². The molecule has 4 nitrogen and oxygen atoms in total. The molecule has 1 fully saturated rings. The molecule has 1 atom stereocenters. The molecule has 0 saturated heterocycles. The van der Waals surface area contributed by atoms with Gasteiger partial charge in [0.1, 0.15) is 6.04 Å². The average Bonchev–Trinajstić information content (AvgIpc) is 2.77. The summed E-state index contributed by atoms with van der Waals surface area (Å²) >= 11 is 24.8. The van der Waals surface area contributed by atoms with Gasteiger partial charge in [-0.2, -0.15) is 0 Å². The van der Waals surface area contributed by atoms with Crippen molar-refractivity contribution in [3.63, 3.8) is 0 Å². The SMILES string of the molecule is CC(C(=O)NC1CCCCC1)N(Cc1ccc(Cl)c(Cl)c1)C(=O)Cc1c(Cl)cccc1Cl. The zero-order valence-electron chi connectivity index (χ0n) is 17.8. The molecule has 1 aliphatic rings. The van der Waals surface area contributed by atoms with Crippen molar-refractivity contribution in [2.24, 2.45) is 0 Å². The monoisotopic (exact) mass is 514 g/mol. The fourth-order valence-corrected chi connectivity index (χ4v) is 4.79. The molecule has 2 amide bonds. The molecule has 1 N–H and O–H groups in total. The number of rotatable bonds is 7. The lowest BCUT2D eigenvalue weighted by atomic mass is 9.95. The van der Waals surface area contributed by atoms with Crippen LogP contribution in [0.2, 0.25) is 20.1 Å². The molecule has 0 aromatic heterocycles. The molecule has 0 bridgehead atoms. The fraction of sp³-hybridized carbons (Fsp3) is 0.417. The van der Waals surface area contributed by atoms with Crippen molar-refractivity contribution < 1.29 is 9.59 Å². The minimum absolute atomic E-state index is 0.0130. The second-order valence-corrected chi connectivity index (χ2v) is 9.80. The molecule has 172 valence electrons. The van der Waals surface area contributed by atoms with Gasteiger partial charge in [-0.3, -0.25) is 9.59 Å². The van der Waals surface area contributed by atoms with Gasteiger partial charge in [0.25, 0.3) is 0 Å². The fourth-order valence-electron chi connectivity index (χ4n) is 3.94. The van der Waals surface area contributed by atoms with E-state index in [-0.39, 0.29) is 30.8 Å². The molecule has 1 saturated carbocycles. The minimum atomic E-state index is -0.680. The third-order valence-electron chi connectivity index (χ3n) is 5.85. The molecule has 0 radical (unpaired) electrons. The highest BCUT2D eigenvalue weighted by Crippen LogP contribution is 2.27. The van der Waals surface area contributed by atoms with Gasteiger partial charge in [-0.15, -0.1) is 0 Å². The normalized spacial score (nSPS) is 15.3. The summed E-state index contributed by atoms with van der Waals surface area (Å²) in [5.41, 5.74) is 1.31. The van der Waals surface area contributed by atoms with Gasteiger partial charge in [-0.25, -0.2) is 0 Å². The van der Waals surface area contributed by atoms with Crippen molar-refractivity contribution in [1.82, 2.24) is 10.2 Å². The molecule has 2 aromatic carbocycles. The minimum Gasteiger partial charge on any atom is -0.352 e. The molecule has 0 aliphatic heterocycles. The molecule has 8 heteroatoms. The van der Waals surface area contributed by atoms with Crippen LogP contribution in [0, 0.1) is 0 Å². The molecule has 32 heavy (non-hydrogen) atoms. The van der Waals surface area contributed by atoms with Gasteiger partial charge >= 0.3 is 0 Å². The quantitative estimate of drug-likeness (QED) is 0.445. The summed E-state index contributed by atoms with van der Waals surface area (Å²) < 4.78 is 0. The Bertz CT molecular complexity index is 956. The highest BCUT2D eigenvalue weighted by molar-refractivity contribution is 6.42. The zero-order valence-corrected chi connectivity index (χ0v) is 20.9. The summed E-state index contributed by atoms with van der Waals surface area (Å²) in [6.07, 6.45) is 5.33. The first-order chi connectivity index (χ1) is 15.3. The summed E-state index contributed by atoms with van der Waals surface area (Å²) in [5, 5.41) is 4.77. The van der Waals surface area contributed by atoms with E-state index in [0.717, 1.165) is 31.2 Å². The molecule has 1 unspecified atom stereocenters. The second-order valence-electron chi connectivity index (χ2n) is 8.17. The highest BCUT2D eigenvalue weighted by atomic mass is 35.5. The van der Waals surface area contributed by atoms with E-state index >= 15 is 0 Å². The van der Waals surface area contributed by atoms with E-state index in [1.807, 2.05) is 0 Å². The van der Waals surface area contributed by atoms with E-state index in [2.05, 4.69) is 5.32 Å². The Labute approximate surface area is 209 Å². The number of nitrogens with zero attached hydrogens (tertiary/aromatic N) is 1. The summed E-state index contributed by atoms with van der Waals surface area (Å²) in [6.45, 7) is 1.94. The van der Waals surface area contributed by atoms with Crippen LogP contribution in [0.3, 0.4) is 0 Å². The number of carbonyl (C=O) groups excluding carboxylic acids is 2. The van der Waals surface area contributed by atoms with Gasteiger partial charge in [-0.05, 0) is 55.2 Å². The Morgan fingerprint density at radius 2 is 1.62 bits per heavy atom. The molecule has 3 rings (SSSR count). The van der Waals surface area contributed by atoms with E-state index in [0.29, 0.717) is 25.7 Å². The van der Waals surface area contributed by atoms with E-state index in [1.54, 1.807) is 43.3 Å². The number of benzene rings is 2. The number of hydrogen-bond acceptors (Lipinski definition) is 2. The lowest BCUT2D eigenvalue weighted by molar-refractivity contribution is -0.140. The van der Waals surface area contributed by atoms with E-state index in [9.17, 15) is 9.59 Å². The van der Waals surface area contributed by atoms with Crippen molar-refractivity contribution in [2.75, 3.05) is 0 Å². The smallest absolute Gasteiger partial charge is 0.242 e. The highest BCUT2D eigenvalue weighted by Gasteiger charge is 2.29. The Kier molecular flexibility index (Phi) is 9.13. The summed E-state index contributed by atoms with van der Waals surface area (Å²) in [6, 6.07) is 9.77. The molecular formula is C24H26Cl4N2O2. The number of carbonyl (C=O) groups is 2. The van der Waals surface area contributed by atoms with Gasteiger partial charge in [0.2, 0.25) is 11.8 Å². The second kappa shape index (κ2) is 11.6. The van der Waals surface area contributed by atoms with Crippen LogP contribution >= 0.6 is 46.4 Å². The largest absolute Gasteiger partial charge is 0.352 e. The number of nitrogens with one attached hydrogen (secondary N) is 1. The van der Waals surface area contributed by atoms with E-state index < -0.39 is 6.04 Å². The number of halogens is 4. The van der Waals surface area contributed by atoms with Gasteiger partial charge < -0.3 is 10.2 Å². The first-order valence-corrected chi connectivity index (χ1v) is 12.2. The van der Waals surface area contributed by atoms with Crippen molar-refractivity contribution in [2.45, 2.75) is 64.1 Å². The molecule has 1 aliphatic carbocycles. The summed E-state index contributed by atoms with van der Waals surface area (Å²) in [5.74, 6) is -0.423. The van der Waals surface area contributed by atoms with Gasteiger partial charge in [0, 0.05) is 22.6 Å². The number of amides is 2. The van der Waals surface area contributed by atoms with Crippen molar-refractivity contribution in [1.29, 1.82) is 0 Å². The molecule has 0 heterocycles.